The molecule has 4 nitrogen and oxygen atoms in total. The summed E-state index contributed by atoms with van der Waals surface area (Å²) in [5.41, 5.74) is 2.07. The van der Waals surface area contributed by atoms with Crippen LogP contribution < -0.4 is 5.32 Å². The minimum atomic E-state index is 0.219. The van der Waals surface area contributed by atoms with Crippen molar-refractivity contribution in [2.45, 2.75) is 25.7 Å². The zero-order valence-corrected chi connectivity index (χ0v) is 11.1. The van der Waals surface area contributed by atoms with Crippen molar-refractivity contribution in [3.8, 4) is 0 Å². The average Bonchev–Trinajstić information content (AvgIpc) is 3.04. The number of hydrogen-bond acceptors (Lipinski definition) is 4. The lowest BCUT2D eigenvalue weighted by molar-refractivity contribution is 0.0315. The molecule has 0 radical (unpaired) electrons. The van der Waals surface area contributed by atoms with E-state index >= 15 is 0 Å². The summed E-state index contributed by atoms with van der Waals surface area (Å²) in [6.07, 6.45) is 1.20. The summed E-state index contributed by atoms with van der Waals surface area (Å²) in [5, 5.41) is 4.28. The Morgan fingerprint density at radius 1 is 1.37 bits per heavy atom. The second-order valence-corrected chi connectivity index (χ2v) is 4.83. The van der Waals surface area contributed by atoms with Gasteiger partial charge in [0.2, 0.25) is 0 Å². The van der Waals surface area contributed by atoms with E-state index < -0.39 is 0 Å². The van der Waals surface area contributed by atoms with Gasteiger partial charge in [-0.2, -0.15) is 0 Å². The largest absolute Gasteiger partial charge is 0.459 e. The van der Waals surface area contributed by atoms with Crippen LogP contribution >= 0.6 is 0 Å². The lowest BCUT2D eigenvalue weighted by Gasteiger charge is -2.10. The van der Waals surface area contributed by atoms with Crippen LogP contribution in [0.4, 0.5) is 0 Å². The third-order valence-corrected chi connectivity index (χ3v) is 3.47. The maximum Gasteiger partial charge on any atom is 0.134 e. The van der Waals surface area contributed by atoms with Crippen molar-refractivity contribution in [1.82, 2.24) is 5.32 Å². The highest BCUT2D eigenvalue weighted by Crippen LogP contribution is 2.27. The maximum absolute atomic E-state index is 5.93. The SMILES string of the molecule is CNCc1oc2ccccc2c1COC1CCOC1. The van der Waals surface area contributed by atoms with Crippen molar-refractivity contribution in [1.29, 1.82) is 0 Å². The molecule has 0 bridgehead atoms. The molecule has 0 saturated carbocycles. The molecule has 0 amide bonds. The van der Waals surface area contributed by atoms with E-state index in [2.05, 4.69) is 11.4 Å². The van der Waals surface area contributed by atoms with E-state index in [1.54, 1.807) is 0 Å². The zero-order valence-electron chi connectivity index (χ0n) is 11.1. The highest BCUT2D eigenvalue weighted by Gasteiger charge is 2.19. The average molecular weight is 261 g/mol. The molecule has 1 aliphatic rings. The Morgan fingerprint density at radius 2 is 2.26 bits per heavy atom. The Kier molecular flexibility index (Phi) is 3.82. The molecule has 102 valence electrons. The minimum absolute atomic E-state index is 0.219. The minimum Gasteiger partial charge on any atom is -0.459 e. The molecular weight excluding hydrogens is 242 g/mol. The first-order chi connectivity index (χ1) is 9.38. The molecule has 1 aromatic carbocycles. The van der Waals surface area contributed by atoms with Gasteiger partial charge in [0.05, 0.1) is 25.9 Å². The molecule has 4 heteroatoms. The van der Waals surface area contributed by atoms with E-state index in [0.29, 0.717) is 19.8 Å². The van der Waals surface area contributed by atoms with E-state index in [1.807, 2.05) is 25.2 Å². The van der Waals surface area contributed by atoms with Gasteiger partial charge in [0.15, 0.2) is 0 Å². The molecule has 2 heterocycles. The Morgan fingerprint density at radius 3 is 3.05 bits per heavy atom. The van der Waals surface area contributed by atoms with E-state index in [4.69, 9.17) is 13.9 Å². The predicted octanol–water partition coefficient (Wildman–Crippen LogP) is 2.46. The fourth-order valence-corrected chi connectivity index (χ4v) is 2.46. The van der Waals surface area contributed by atoms with Gasteiger partial charge >= 0.3 is 0 Å². The maximum atomic E-state index is 5.93. The summed E-state index contributed by atoms with van der Waals surface area (Å²) < 4.78 is 17.1. The van der Waals surface area contributed by atoms with Gasteiger partial charge in [0, 0.05) is 17.6 Å². The van der Waals surface area contributed by atoms with Crippen molar-refractivity contribution in [3.63, 3.8) is 0 Å². The fraction of sp³-hybridized carbons (Fsp3) is 0.467. The quantitative estimate of drug-likeness (QED) is 0.898. The summed E-state index contributed by atoms with van der Waals surface area (Å²) in [7, 11) is 1.92. The Bertz CT molecular complexity index is 543. The van der Waals surface area contributed by atoms with Crippen molar-refractivity contribution in [3.05, 3.63) is 35.6 Å². The monoisotopic (exact) mass is 261 g/mol. The molecule has 3 rings (SSSR count). The third-order valence-electron chi connectivity index (χ3n) is 3.47. The molecule has 1 aliphatic heterocycles. The smallest absolute Gasteiger partial charge is 0.134 e. The van der Waals surface area contributed by atoms with Crippen LogP contribution in [-0.4, -0.2) is 26.4 Å². The van der Waals surface area contributed by atoms with Crippen LogP contribution in [0.1, 0.15) is 17.7 Å². The lowest BCUT2D eigenvalue weighted by atomic mass is 10.1. The van der Waals surface area contributed by atoms with Gasteiger partial charge in [-0.15, -0.1) is 0 Å². The van der Waals surface area contributed by atoms with Crippen LogP contribution in [0.2, 0.25) is 0 Å². The number of benzene rings is 1. The summed E-state index contributed by atoms with van der Waals surface area (Å²) in [6.45, 7) is 2.81. The molecule has 19 heavy (non-hydrogen) atoms. The topological polar surface area (TPSA) is 43.6 Å². The lowest BCUT2D eigenvalue weighted by Crippen LogP contribution is -2.13. The van der Waals surface area contributed by atoms with Gasteiger partial charge in [-0.3, -0.25) is 0 Å². The van der Waals surface area contributed by atoms with E-state index in [9.17, 15) is 0 Å². The molecule has 1 saturated heterocycles. The van der Waals surface area contributed by atoms with Crippen molar-refractivity contribution >= 4 is 11.0 Å². The second-order valence-electron chi connectivity index (χ2n) is 4.83. The van der Waals surface area contributed by atoms with Gasteiger partial charge in [0.25, 0.3) is 0 Å². The second kappa shape index (κ2) is 5.74. The molecule has 1 N–H and O–H groups in total. The highest BCUT2D eigenvalue weighted by molar-refractivity contribution is 5.82. The Labute approximate surface area is 112 Å². The molecule has 2 aromatic rings. The summed E-state index contributed by atoms with van der Waals surface area (Å²) >= 11 is 0. The molecule has 0 spiro atoms. The van der Waals surface area contributed by atoms with Crippen LogP contribution in [0, 0.1) is 0 Å². The number of furan rings is 1. The van der Waals surface area contributed by atoms with Gasteiger partial charge in [0.1, 0.15) is 11.3 Å². The summed E-state index contributed by atoms with van der Waals surface area (Å²) in [5.74, 6) is 0.961. The fourth-order valence-electron chi connectivity index (χ4n) is 2.46. The number of fused-ring (bicyclic) bond motifs is 1. The van der Waals surface area contributed by atoms with Crippen LogP contribution in [0.25, 0.3) is 11.0 Å². The predicted molar refractivity (Wildman–Crippen MR) is 73.0 cm³/mol. The number of ether oxygens (including phenoxy) is 2. The van der Waals surface area contributed by atoms with E-state index in [0.717, 1.165) is 35.3 Å². The van der Waals surface area contributed by atoms with Crippen molar-refractivity contribution in [2.24, 2.45) is 0 Å². The number of hydrogen-bond donors (Lipinski definition) is 1. The number of nitrogens with one attached hydrogen (secondary N) is 1. The van der Waals surface area contributed by atoms with Gasteiger partial charge in [-0.05, 0) is 19.5 Å². The zero-order chi connectivity index (χ0) is 13.1. The van der Waals surface area contributed by atoms with Crippen molar-refractivity contribution < 1.29 is 13.9 Å². The molecule has 1 fully saturated rings. The first-order valence-corrected chi connectivity index (χ1v) is 6.71. The Hall–Kier alpha value is -1.36. The normalized spacial score (nSPS) is 19.3. The van der Waals surface area contributed by atoms with Gasteiger partial charge < -0.3 is 19.2 Å². The van der Waals surface area contributed by atoms with Crippen LogP contribution in [0.15, 0.2) is 28.7 Å². The highest BCUT2D eigenvalue weighted by atomic mass is 16.5. The van der Waals surface area contributed by atoms with Crippen molar-refractivity contribution in [2.75, 3.05) is 20.3 Å². The van der Waals surface area contributed by atoms with Crippen LogP contribution in [0.3, 0.4) is 0 Å². The van der Waals surface area contributed by atoms with E-state index in [-0.39, 0.29) is 6.10 Å². The molecular formula is C15H19NO3. The molecule has 1 atom stereocenters. The van der Waals surface area contributed by atoms with Crippen LogP contribution in [0.5, 0.6) is 0 Å². The summed E-state index contributed by atoms with van der Waals surface area (Å²) in [4.78, 5) is 0. The van der Waals surface area contributed by atoms with Crippen LogP contribution in [-0.2, 0) is 22.6 Å². The first kappa shape index (κ1) is 12.7. The standard InChI is InChI=1S/C15H19NO3/c1-16-8-15-13(10-18-11-6-7-17-9-11)12-4-2-3-5-14(12)19-15/h2-5,11,16H,6-10H2,1H3. The molecule has 1 unspecified atom stereocenters. The third kappa shape index (κ3) is 2.66. The van der Waals surface area contributed by atoms with Gasteiger partial charge in [-0.25, -0.2) is 0 Å². The summed E-state index contributed by atoms with van der Waals surface area (Å²) in [6, 6.07) is 8.10. The molecule has 0 aliphatic carbocycles. The number of rotatable bonds is 5. The first-order valence-electron chi connectivity index (χ1n) is 6.71. The molecule has 1 aromatic heterocycles. The van der Waals surface area contributed by atoms with Gasteiger partial charge in [-0.1, -0.05) is 18.2 Å². The Balaban J connectivity index is 1.84. The van der Waals surface area contributed by atoms with E-state index in [1.165, 1.54) is 0 Å². The number of para-hydroxylation sites is 1.